The fourth-order valence-corrected chi connectivity index (χ4v) is 7.77. The van der Waals surface area contributed by atoms with Crippen molar-refractivity contribution in [1.82, 2.24) is 4.98 Å². The van der Waals surface area contributed by atoms with Crippen LogP contribution in [-0.2, 0) is 9.84 Å². The number of nitrogens with zero attached hydrogens (tertiary/aromatic N) is 2. The van der Waals surface area contributed by atoms with Gasteiger partial charge in [-0.25, -0.2) is 13.4 Å². The number of hydrogen-bond acceptors (Lipinski definition) is 5. The molecule has 2 aliphatic rings. The summed E-state index contributed by atoms with van der Waals surface area (Å²) in [7, 11) is -3.35. The smallest absolute Gasteiger partial charge is 0.185 e. The number of halogens is 1. The van der Waals surface area contributed by atoms with Gasteiger partial charge in [0, 0.05) is 24.0 Å². The van der Waals surface area contributed by atoms with Crippen LogP contribution in [-0.4, -0.2) is 41.9 Å². The van der Waals surface area contributed by atoms with Gasteiger partial charge < -0.3 is 4.90 Å². The van der Waals surface area contributed by atoms with Crippen molar-refractivity contribution in [2.45, 2.75) is 42.1 Å². The van der Waals surface area contributed by atoms with Gasteiger partial charge in [-0.3, -0.25) is 0 Å². The molecule has 29 heavy (non-hydrogen) atoms. The molecule has 1 aliphatic carbocycles. The van der Waals surface area contributed by atoms with Gasteiger partial charge in [0.05, 0.1) is 15.8 Å². The first-order valence-electron chi connectivity index (χ1n) is 9.82. The van der Waals surface area contributed by atoms with Crippen molar-refractivity contribution in [2.24, 2.45) is 0 Å². The molecule has 2 unspecified atom stereocenters. The van der Waals surface area contributed by atoms with Crippen molar-refractivity contribution in [3.05, 3.63) is 59.5 Å². The first kappa shape index (κ1) is 20.6. The molecule has 1 saturated heterocycles. The predicted molar refractivity (Wildman–Crippen MR) is 123 cm³/mol. The Morgan fingerprint density at radius 2 is 2.00 bits per heavy atom. The predicted octanol–water partition coefficient (Wildman–Crippen LogP) is 4.99. The van der Waals surface area contributed by atoms with E-state index in [0.29, 0.717) is 25.9 Å². The maximum absolute atomic E-state index is 13.2. The fourth-order valence-electron chi connectivity index (χ4n) is 4.05. The van der Waals surface area contributed by atoms with E-state index in [0.717, 1.165) is 16.4 Å². The highest BCUT2D eigenvalue weighted by Gasteiger charge is 2.44. The number of benzene rings is 1. The Bertz CT molecular complexity index is 1050. The summed E-state index contributed by atoms with van der Waals surface area (Å²) >= 11 is 8.12. The molecule has 2 aromatic rings. The van der Waals surface area contributed by atoms with Gasteiger partial charge in [-0.05, 0) is 32.8 Å². The van der Waals surface area contributed by atoms with Crippen LogP contribution >= 0.6 is 22.9 Å². The van der Waals surface area contributed by atoms with Gasteiger partial charge in [-0.1, -0.05) is 48.1 Å². The van der Waals surface area contributed by atoms with Crippen LogP contribution in [0.3, 0.4) is 0 Å². The second-order valence-corrected chi connectivity index (χ2v) is 12.0. The molecule has 154 valence electrons. The van der Waals surface area contributed by atoms with Gasteiger partial charge in [0.1, 0.15) is 5.25 Å². The minimum absolute atomic E-state index is 0.366. The van der Waals surface area contributed by atoms with Gasteiger partial charge in [0.25, 0.3) is 0 Å². The highest BCUT2D eigenvalue weighted by molar-refractivity contribution is 7.93. The molecule has 0 bridgehead atoms. The summed E-state index contributed by atoms with van der Waals surface area (Å²) in [5, 5.41) is 1.99. The van der Waals surface area contributed by atoms with Crippen molar-refractivity contribution in [3.8, 4) is 11.3 Å². The number of allylic oxidation sites excluding steroid dienone is 3. The number of hydrogen-bond donors (Lipinski definition) is 0. The summed E-state index contributed by atoms with van der Waals surface area (Å²) in [6, 6.07) is 8.32. The van der Waals surface area contributed by atoms with Crippen molar-refractivity contribution in [1.29, 1.82) is 0 Å². The van der Waals surface area contributed by atoms with Crippen molar-refractivity contribution >= 4 is 37.9 Å². The Morgan fingerprint density at radius 3 is 2.69 bits per heavy atom. The fraction of sp³-hybridized carbons (Fsp3) is 0.409. The molecule has 0 spiro atoms. The van der Waals surface area contributed by atoms with E-state index in [9.17, 15) is 8.42 Å². The van der Waals surface area contributed by atoms with E-state index in [4.69, 9.17) is 16.6 Å². The number of piperidine rings is 1. The zero-order valence-corrected chi connectivity index (χ0v) is 19.0. The van der Waals surface area contributed by atoms with Gasteiger partial charge in [-0.15, -0.1) is 22.9 Å². The van der Waals surface area contributed by atoms with Crippen LogP contribution in [0, 0.1) is 6.92 Å². The molecule has 0 radical (unpaired) electrons. The average Bonchev–Trinajstić information content (AvgIpc) is 3.18. The number of anilines is 1. The quantitative estimate of drug-likeness (QED) is 0.618. The number of thiazole rings is 1. The molecular formula is C22H25ClN2O2S2. The number of sulfone groups is 1. The van der Waals surface area contributed by atoms with Crippen LogP contribution in [0.25, 0.3) is 11.3 Å². The van der Waals surface area contributed by atoms with Crippen molar-refractivity contribution in [3.63, 3.8) is 0 Å². The summed E-state index contributed by atoms with van der Waals surface area (Å²) in [6.07, 6.45) is 8.29. The summed E-state index contributed by atoms with van der Waals surface area (Å²) in [5.74, 6) is 0. The lowest BCUT2D eigenvalue weighted by Gasteiger charge is -2.36. The normalized spacial score (nSPS) is 25.5. The van der Waals surface area contributed by atoms with E-state index >= 15 is 0 Å². The molecule has 1 fully saturated rings. The van der Waals surface area contributed by atoms with E-state index in [2.05, 4.69) is 35.4 Å². The first-order chi connectivity index (χ1) is 13.8. The Balaban J connectivity index is 1.45. The van der Waals surface area contributed by atoms with Gasteiger partial charge in [0.2, 0.25) is 0 Å². The van der Waals surface area contributed by atoms with E-state index in [1.807, 2.05) is 12.1 Å². The van der Waals surface area contributed by atoms with Crippen LogP contribution in [0.5, 0.6) is 0 Å². The standard InChI is InChI=1S/C22H25ClN2O2S2/c1-16-6-5-7-17(14-16)19-15-28-21(24-19)25-12-9-18(10-13-25)29(26,27)20-8-3-4-11-22(20,2)23/h3-8,11,14-15,18,20H,9-10,12-13H2,1-2H3. The highest BCUT2D eigenvalue weighted by Crippen LogP contribution is 2.36. The topological polar surface area (TPSA) is 50.3 Å². The maximum atomic E-state index is 13.2. The molecule has 1 aromatic carbocycles. The van der Waals surface area contributed by atoms with Crippen LogP contribution in [0.4, 0.5) is 5.13 Å². The Labute approximate surface area is 181 Å². The zero-order valence-electron chi connectivity index (χ0n) is 16.6. The number of alkyl halides is 1. The number of aryl methyl sites for hydroxylation is 1. The average molecular weight is 449 g/mol. The minimum Gasteiger partial charge on any atom is -0.348 e. The molecule has 4 rings (SSSR count). The van der Waals surface area contributed by atoms with Crippen LogP contribution in [0.1, 0.15) is 25.3 Å². The van der Waals surface area contributed by atoms with E-state index in [1.54, 1.807) is 36.5 Å². The maximum Gasteiger partial charge on any atom is 0.185 e. The highest BCUT2D eigenvalue weighted by atomic mass is 35.5. The Hall–Kier alpha value is -1.63. The molecule has 7 heteroatoms. The largest absolute Gasteiger partial charge is 0.348 e. The second-order valence-electron chi connectivity index (χ2n) is 7.98. The lowest BCUT2D eigenvalue weighted by atomic mass is 10.0. The van der Waals surface area contributed by atoms with Gasteiger partial charge in [-0.2, -0.15) is 0 Å². The third-order valence-corrected chi connectivity index (χ3v) is 9.86. The number of rotatable bonds is 4. The summed E-state index contributed by atoms with van der Waals surface area (Å²) in [6.45, 7) is 5.23. The van der Waals surface area contributed by atoms with Crippen molar-refractivity contribution in [2.75, 3.05) is 18.0 Å². The second kappa shape index (κ2) is 7.89. The molecular weight excluding hydrogens is 424 g/mol. The van der Waals surface area contributed by atoms with Crippen molar-refractivity contribution < 1.29 is 8.42 Å². The first-order valence-corrected chi connectivity index (χ1v) is 12.7. The SMILES string of the molecule is Cc1cccc(-c2csc(N3CCC(S(=O)(=O)C4C=CC=CC4(C)Cl)CC3)n2)c1. The van der Waals surface area contributed by atoms with E-state index in [1.165, 1.54) is 5.56 Å². The molecule has 0 N–H and O–H groups in total. The lowest BCUT2D eigenvalue weighted by molar-refractivity contribution is 0.518. The third kappa shape index (κ3) is 4.16. The monoisotopic (exact) mass is 448 g/mol. The Morgan fingerprint density at radius 1 is 1.24 bits per heavy atom. The van der Waals surface area contributed by atoms with Crippen LogP contribution in [0.15, 0.2) is 53.9 Å². The Kier molecular flexibility index (Phi) is 5.62. The van der Waals surface area contributed by atoms with Gasteiger partial charge in [0.15, 0.2) is 15.0 Å². The molecule has 0 amide bonds. The molecule has 4 nitrogen and oxygen atoms in total. The van der Waals surface area contributed by atoms with Crippen LogP contribution in [0.2, 0.25) is 0 Å². The van der Waals surface area contributed by atoms with Gasteiger partial charge >= 0.3 is 0 Å². The summed E-state index contributed by atoms with van der Waals surface area (Å²) in [5.41, 5.74) is 3.30. The lowest BCUT2D eigenvalue weighted by Crippen LogP contribution is -2.47. The van der Waals surface area contributed by atoms with Crippen LogP contribution < -0.4 is 4.90 Å². The minimum atomic E-state index is -3.35. The summed E-state index contributed by atoms with van der Waals surface area (Å²) in [4.78, 5) is 6.11. The third-order valence-electron chi connectivity index (χ3n) is 5.71. The van der Waals surface area contributed by atoms with E-state index in [-0.39, 0.29) is 5.25 Å². The molecule has 1 aliphatic heterocycles. The van der Waals surface area contributed by atoms with E-state index < -0.39 is 20.0 Å². The molecule has 1 aromatic heterocycles. The molecule has 0 saturated carbocycles. The molecule has 2 heterocycles. The molecule has 2 atom stereocenters. The zero-order chi connectivity index (χ0) is 20.6. The summed E-state index contributed by atoms with van der Waals surface area (Å²) < 4.78 is 26.4. The number of aromatic nitrogens is 1.